The molecule has 3 nitrogen and oxygen atoms in total. The number of rotatable bonds is 3. The Hall–Kier alpha value is -1.55. The Kier molecular flexibility index (Phi) is 4.88. The van der Waals surface area contributed by atoms with E-state index >= 15 is 0 Å². The molecular formula is C15H9Cl3O3. The van der Waals surface area contributed by atoms with Crippen molar-refractivity contribution in [3.05, 3.63) is 65.7 Å². The van der Waals surface area contributed by atoms with Gasteiger partial charge in [0.05, 0.1) is 5.56 Å². The van der Waals surface area contributed by atoms with Gasteiger partial charge in [0.1, 0.15) is 5.75 Å². The summed E-state index contributed by atoms with van der Waals surface area (Å²) in [7, 11) is 0. The Morgan fingerprint density at radius 3 is 2.05 bits per heavy atom. The third kappa shape index (κ3) is 3.97. The van der Waals surface area contributed by atoms with Crippen molar-refractivity contribution in [2.75, 3.05) is 0 Å². The lowest BCUT2D eigenvalue weighted by Crippen LogP contribution is -2.25. The monoisotopic (exact) mass is 342 g/mol. The van der Waals surface area contributed by atoms with E-state index in [0.29, 0.717) is 5.56 Å². The van der Waals surface area contributed by atoms with Gasteiger partial charge in [-0.2, -0.15) is 0 Å². The van der Waals surface area contributed by atoms with Crippen molar-refractivity contribution in [1.82, 2.24) is 0 Å². The highest BCUT2D eigenvalue weighted by molar-refractivity contribution is 6.75. The molecule has 108 valence electrons. The second-order valence-corrected chi connectivity index (χ2v) is 6.36. The molecule has 0 heterocycles. The number of ether oxygens (including phenoxy) is 1. The molecule has 0 radical (unpaired) electrons. The Morgan fingerprint density at radius 2 is 1.43 bits per heavy atom. The first-order valence-corrected chi connectivity index (χ1v) is 7.01. The van der Waals surface area contributed by atoms with E-state index < -0.39 is 9.76 Å². The molecule has 6 heteroatoms. The number of ketones is 1. The van der Waals surface area contributed by atoms with Gasteiger partial charge in [-0.15, -0.1) is 0 Å². The Morgan fingerprint density at radius 1 is 0.857 bits per heavy atom. The molecule has 0 unspecified atom stereocenters. The number of carbonyl (C=O) groups excluding carboxylic acids is 2. The van der Waals surface area contributed by atoms with Crippen molar-refractivity contribution in [3.63, 3.8) is 0 Å². The summed E-state index contributed by atoms with van der Waals surface area (Å²) in [6, 6.07) is 14.9. The normalized spacial score (nSPS) is 11.0. The maximum atomic E-state index is 12.4. The maximum Gasteiger partial charge on any atom is 0.363 e. The predicted octanol–water partition coefficient (Wildman–Crippen LogP) is 4.19. The van der Waals surface area contributed by atoms with Crippen LogP contribution in [0, 0.1) is 0 Å². The summed E-state index contributed by atoms with van der Waals surface area (Å²) in [6.45, 7) is 0. The summed E-state index contributed by atoms with van der Waals surface area (Å²) in [5.41, 5.74) is 0.682. The largest absolute Gasteiger partial charge is 0.423 e. The number of esters is 1. The molecule has 0 aliphatic heterocycles. The molecule has 0 fully saturated rings. The first kappa shape index (κ1) is 15.8. The molecular weight excluding hydrogens is 335 g/mol. The average Bonchev–Trinajstić information content (AvgIpc) is 2.47. The highest BCUT2D eigenvalue weighted by Gasteiger charge is 2.34. The van der Waals surface area contributed by atoms with E-state index in [9.17, 15) is 9.59 Å². The van der Waals surface area contributed by atoms with Crippen LogP contribution < -0.4 is 4.74 Å². The minimum Gasteiger partial charge on any atom is -0.423 e. The average molecular weight is 344 g/mol. The quantitative estimate of drug-likeness (QED) is 0.363. The van der Waals surface area contributed by atoms with Crippen molar-refractivity contribution < 1.29 is 14.3 Å². The predicted molar refractivity (Wildman–Crippen MR) is 82.2 cm³/mol. The van der Waals surface area contributed by atoms with Gasteiger partial charge in [0.25, 0.3) is 3.79 Å². The molecule has 0 N–H and O–H groups in total. The number of para-hydroxylation sites is 1. The van der Waals surface area contributed by atoms with Crippen LogP contribution in [0.4, 0.5) is 0 Å². The molecule has 0 saturated carbocycles. The number of halogens is 3. The zero-order valence-electron chi connectivity index (χ0n) is 10.6. The third-order valence-electron chi connectivity index (χ3n) is 2.60. The van der Waals surface area contributed by atoms with Gasteiger partial charge in [-0.05, 0) is 12.1 Å². The van der Waals surface area contributed by atoms with Crippen molar-refractivity contribution in [2.24, 2.45) is 0 Å². The standard InChI is InChI=1S/C15H9Cl3O3/c16-15(17,18)14(20)21-12-9-5-4-8-11(12)13(19)10-6-2-1-3-7-10/h1-9H. The zero-order chi connectivity index (χ0) is 15.5. The van der Waals surface area contributed by atoms with Crippen LogP contribution in [-0.4, -0.2) is 15.5 Å². The van der Waals surface area contributed by atoms with E-state index in [4.69, 9.17) is 39.5 Å². The molecule has 0 aromatic heterocycles. The van der Waals surface area contributed by atoms with Crippen LogP contribution in [0.5, 0.6) is 5.75 Å². The van der Waals surface area contributed by atoms with Gasteiger partial charge in [0.2, 0.25) is 0 Å². The minimum atomic E-state index is -2.21. The van der Waals surface area contributed by atoms with E-state index in [1.165, 1.54) is 12.1 Å². The number of benzene rings is 2. The van der Waals surface area contributed by atoms with E-state index in [0.717, 1.165) is 0 Å². The topological polar surface area (TPSA) is 43.4 Å². The lowest BCUT2D eigenvalue weighted by molar-refractivity contribution is -0.133. The summed E-state index contributed by atoms with van der Waals surface area (Å²) in [6.07, 6.45) is 0. The number of hydrogen-bond donors (Lipinski definition) is 0. The summed E-state index contributed by atoms with van der Waals surface area (Å²) in [4.78, 5) is 24.0. The molecule has 0 spiro atoms. The minimum absolute atomic E-state index is 0.0441. The van der Waals surface area contributed by atoms with E-state index in [1.807, 2.05) is 0 Å². The number of carbonyl (C=O) groups is 2. The van der Waals surface area contributed by atoms with Crippen LogP contribution >= 0.6 is 34.8 Å². The lowest BCUT2D eigenvalue weighted by Gasteiger charge is -2.13. The maximum absolute atomic E-state index is 12.4. The van der Waals surface area contributed by atoms with Gasteiger partial charge in [-0.1, -0.05) is 77.3 Å². The summed E-state index contributed by atoms with van der Waals surface area (Å²) in [5, 5.41) is 0. The zero-order valence-corrected chi connectivity index (χ0v) is 12.8. The molecule has 0 atom stereocenters. The Labute approximate surface area is 136 Å². The van der Waals surface area contributed by atoms with Crippen molar-refractivity contribution in [2.45, 2.75) is 3.79 Å². The molecule has 21 heavy (non-hydrogen) atoms. The number of hydrogen-bond acceptors (Lipinski definition) is 3. The molecule has 2 rings (SSSR count). The van der Waals surface area contributed by atoms with Gasteiger partial charge in [0.15, 0.2) is 5.78 Å². The van der Waals surface area contributed by atoms with Crippen LogP contribution in [-0.2, 0) is 4.79 Å². The van der Waals surface area contributed by atoms with Crippen LogP contribution in [0.25, 0.3) is 0 Å². The smallest absolute Gasteiger partial charge is 0.363 e. The van der Waals surface area contributed by atoms with Gasteiger partial charge in [0, 0.05) is 5.56 Å². The summed E-state index contributed by atoms with van der Waals surface area (Å²) in [5.74, 6) is -1.31. The van der Waals surface area contributed by atoms with Crippen molar-refractivity contribution in [1.29, 1.82) is 0 Å². The highest BCUT2D eigenvalue weighted by Crippen LogP contribution is 2.30. The van der Waals surface area contributed by atoms with Crippen LogP contribution in [0.2, 0.25) is 0 Å². The molecule has 2 aromatic carbocycles. The van der Waals surface area contributed by atoms with Crippen molar-refractivity contribution >= 4 is 46.6 Å². The van der Waals surface area contributed by atoms with E-state index in [1.54, 1.807) is 42.5 Å². The first-order valence-electron chi connectivity index (χ1n) is 5.87. The van der Waals surface area contributed by atoms with Crippen LogP contribution in [0.3, 0.4) is 0 Å². The molecule has 0 aliphatic carbocycles. The summed E-state index contributed by atoms with van der Waals surface area (Å²) < 4.78 is 2.79. The molecule has 0 aliphatic rings. The van der Waals surface area contributed by atoms with Gasteiger partial charge >= 0.3 is 5.97 Å². The van der Waals surface area contributed by atoms with Gasteiger partial charge in [-0.25, -0.2) is 4.79 Å². The summed E-state index contributed by atoms with van der Waals surface area (Å²) >= 11 is 16.4. The van der Waals surface area contributed by atoms with Crippen LogP contribution in [0.15, 0.2) is 54.6 Å². The molecule has 0 amide bonds. The van der Waals surface area contributed by atoms with Crippen molar-refractivity contribution in [3.8, 4) is 5.75 Å². The van der Waals surface area contributed by atoms with Gasteiger partial charge < -0.3 is 4.74 Å². The SMILES string of the molecule is O=C(c1ccccc1)c1ccccc1OC(=O)C(Cl)(Cl)Cl. The first-order chi connectivity index (χ1) is 9.89. The molecule has 2 aromatic rings. The second-order valence-electron chi connectivity index (χ2n) is 4.08. The highest BCUT2D eigenvalue weighted by atomic mass is 35.6. The van der Waals surface area contributed by atoms with E-state index in [-0.39, 0.29) is 17.1 Å². The third-order valence-corrected chi connectivity index (χ3v) is 3.06. The Bertz CT molecular complexity index is 663. The Balaban J connectivity index is 2.34. The lowest BCUT2D eigenvalue weighted by atomic mass is 10.0. The molecule has 0 saturated heterocycles. The fourth-order valence-corrected chi connectivity index (χ4v) is 1.76. The fourth-order valence-electron chi connectivity index (χ4n) is 1.65. The van der Waals surface area contributed by atoms with Gasteiger partial charge in [-0.3, -0.25) is 4.79 Å². The second kappa shape index (κ2) is 6.48. The van der Waals surface area contributed by atoms with Crippen LogP contribution in [0.1, 0.15) is 15.9 Å². The molecule has 0 bridgehead atoms. The fraction of sp³-hybridized carbons (Fsp3) is 0.0667. The van der Waals surface area contributed by atoms with E-state index in [2.05, 4.69) is 0 Å². The number of alkyl halides is 3.